The SMILES string of the molecule is CCNC(c1cccc(I)c1)c1c(Cl)cnn1C. The molecule has 0 fully saturated rings. The second-order valence-electron chi connectivity index (χ2n) is 4.05. The Morgan fingerprint density at radius 2 is 2.28 bits per heavy atom. The van der Waals surface area contributed by atoms with Gasteiger partial charge in [-0.25, -0.2) is 0 Å². The van der Waals surface area contributed by atoms with E-state index in [1.54, 1.807) is 6.20 Å². The Balaban J connectivity index is 2.46. The maximum atomic E-state index is 6.24. The fourth-order valence-corrected chi connectivity index (χ4v) is 2.85. The average molecular weight is 376 g/mol. The highest BCUT2D eigenvalue weighted by atomic mass is 127. The molecule has 0 saturated heterocycles. The van der Waals surface area contributed by atoms with Crippen molar-refractivity contribution in [2.75, 3.05) is 6.54 Å². The van der Waals surface area contributed by atoms with E-state index in [1.807, 2.05) is 11.7 Å². The van der Waals surface area contributed by atoms with Gasteiger partial charge in [0.2, 0.25) is 0 Å². The molecule has 0 radical (unpaired) electrons. The molecule has 0 spiro atoms. The molecule has 5 heteroatoms. The van der Waals surface area contributed by atoms with Crippen molar-refractivity contribution in [1.82, 2.24) is 15.1 Å². The lowest BCUT2D eigenvalue weighted by atomic mass is 10.0. The molecule has 1 aromatic carbocycles. The number of rotatable bonds is 4. The summed E-state index contributed by atoms with van der Waals surface area (Å²) in [5.74, 6) is 0. The first kappa shape index (κ1) is 13.8. The van der Waals surface area contributed by atoms with Gasteiger partial charge in [0.25, 0.3) is 0 Å². The van der Waals surface area contributed by atoms with Gasteiger partial charge < -0.3 is 5.32 Å². The predicted octanol–water partition coefficient (Wildman–Crippen LogP) is 3.38. The summed E-state index contributed by atoms with van der Waals surface area (Å²) in [6, 6.07) is 8.49. The first-order chi connectivity index (χ1) is 8.63. The first-order valence-corrected chi connectivity index (χ1v) is 7.25. The zero-order chi connectivity index (χ0) is 13.1. The molecular formula is C13H15ClIN3. The quantitative estimate of drug-likeness (QED) is 0.830. The van der Waals surface area contributed by atoms with E-state index in [1.165, 1.54) is 9.13 Å². The molecule has 1 atom stereocenters. The topological polar surface area (TPSA) is 29.9 Å². The Bertz CT molecular complexity index is 519. The lowest BCUT2D eigenvalue weighted by molar-refractivity contribution is 0.572. The second-order valence-corrected chi connectivity index (χ2v) is 5.70. The van der Waals surface area contributed by atoms with Crippen LogP contribution in [0.1, 0.15) is 24.2 Å². The zero-order valence-electron chi connectivity index (χ0n) is 10.3. The molecule has 1 unspecified atom stereocenters. The summed E-state index contributed by atoms with van der Waals surface area (Å²) < 4.78 is 3.04. The van der Waals surface area contributed by atoms with Crippen molar-refractivity contribution in [2.24, 2.45) is 7.05 Å². The van der Waals surface area contributed by atoms with E-state index in [2.05, 4.69) is 64.2 Å². The van der Waals surface area contributed by atoms with Gasteiger partial charge in [-0.2, -0.15) is 5.10 Å². The number of hydrogen-bond donors (Lipinski definition) is 1. The van der Waals surface area contributed by atoms with Crippen LogP contribution in [0.25, 0.3) is 0 Å². The highest BCUT2D eigenvalue weighted by molar-refractivity contribution is 14.1. The average Bonchev–Trinajstić information content (AvgIpc) is 2.67. The lowest BCUT2D eigenvalue weighted by Crippen LogP contribution is -2.24. The normalized spacial score (nSPS) is 12.7. The van der Waals surface area contributed by atoms with Crippen LogP contribution in [0.4, 0.5) is 0 Å². The number of nitrogens with one attached hydrogen (secondary N) is 1. The van der Waals surface area contributed by atoms with E-state index in [-0.39, 0.29) is 6.04 Å². The van der Waals surface area contributed by atoms with Crippen LogP contribution in [0, 0.1) is 3.57 Å². The molecule has 3 nitrogen and oxygen atoms in total. The Morgan fingerprint density at radius 3 is 2.83 bits per heavy atom. The molecule has 0 aliphatic rings. The lowest BCUT2D eigenvalue weighted by Gasteiger charge is -2.19. The third-order valence-corrected chi connectivity index (χ3v) is 3.76. The summed E-state index contributed by atoms with van der Waals surface area (Å²) in [5, 5.41) is 8.37. The Kier molecular flexibility index (Phi) is 4.64. The van der Waals surface area contributed by atoms with Crippen molar-refractivity contribution in [3.8, 4) is 0 Å². The number of benzene rings is 1. The van der Waals surface area contributed by atoms with Gasteiger partial charge in [0.15, 0.2) is 0 Å². The molecule has 0 amide bonds. The molecule has 0 aliphatic heterocycles. The summed E-state index contributed by atoms with van der Waals surface area (Å²) in [7, 11) is 1.92. The van der Waals surface area contributed by atoms with Crippen molar-refractivity contribution in [3.05, 3.63) is 50.3 Å². The van der Waals surface area contributed by atoms with Gasteiger partial charge in [-0.05, 0) is 46.8 Å². The molecular weight excluding hydrogens is 361 g/mol. The maximum Gasteiger partial charge on any atom is 0.0837 e. The van der Waals surface area contributed by atoms with Gasteiger partial charge in [0.05, 0.1) is 23.0 Å². The minimum Gasteiger partial charge on any atom is -0.305 e. The van der Waals surface area contributed by atoms with Crippen LogP contribution in [-0.2, 0) is 7.05 Å². The van der Waals surface area contributed by atoms with Crippen LogP contribution in [0.3, 0.4) is 0 Å². The molecule has 2 rings (SSSR count). The van der Waals surface area contributed by atoms with Crippen molar-refractivity contribution in [2.45, 2.75) is 13.0 Å². The number of aromatic nitrogens is 2. The maximum absolute atomic E-state index is 6.24. The Morgan fingerprint density at radius 1 is 1.50 bits per heavy atom. The fourth-order valence-electron chi connectivity index (χ4n) is 2.01. The third-order valence-electron chi connectivity index (χ3n) is 2.80. The molecule has 0 bridgehead atoms. The monoisotopic (exact) mass is 375 g/mol. The van der Waals surface area contributed by atoms with E-state index < -0.39 is 0 Å². The second kappa shape index (κ2) is 6.04. The highest BCUT2D eigenvalue weighted by Crippen LogP contribution is 2.28. The van der Waals surface area contributed by atoms with Crippen LogP contribution < -0.4 is 5.32 Å². The van der Waals surface area contributed by atoms with Crippen LogP contribution >= 0.6 is 34.2 Å². The van der Waals surface area contributed by atoms with E-state index in [9.17, 15) is 0 Å². The van der Waals surface area contributed by atoms with E-state index in [4.69, 9.17) is 11.6 Å². The Hall–Kier alpha value is -0.590. The van der Waals surface area contributed by atoms with Crippen LogP contribution in [-0.4, -0.2) is 16.3 Å². The molecule has 1 heterocycles. The number of nitrogens with zero attached hydrogens (tertiary/aromatic N) is 2. The molecule has 96 valence electrons. The van der Waals surface area contributed by atoms with Crippen LogP contribution in [0.5, 0.6) is 0 Å². The molecule has 0 saturated carbocycles. The van der Waals surface area contributed by atoms with Gasteiger partial charge in [-0.3, -0.25) is 4.68 Å². The molecule has 1 aromatic heterocycles. The summed E-state index contributed by atoms with van der Waals surface area (Å²) in [6.07, 6.45) is 1.69. The van der Waals surface area contributed by atoms with Crippen LogP contribution in [0.15, 0.2) is 30.5 Å². The van der Waals surface area contributed by atoms with Crippen LogP contribution in [0.2, 0.25) is 5.02 Å². The number of hydrogen-bond acceptors (Lipinski definition) is 2. The van der Waals surface area contributed by atoms with Gasteiger partial charge in [0, 0.05) is 10.6 Å². The van der Waals surface area contributed by atoms with Gasteiger partial charge in [-0.15, -0.1) is 0 Å². The van der Waals surface area contributed by atoms with Crippen molar-refractivity contribution < 1.29 is 0 Å². The minimum atomic E-state index is 0.0738. The van der Waals surface area contributed by atoms with Crippen molar-refractivity contribution in [3.63, 3.8) is 0 Å². The molecule has 1 N–H and O–H groups in total. The molecule has 2 aromatic rings. The summed E-state index contributed by atoms with van der Waals surface area (Å²) in [4.78, 5) is 0. The Labute approximate surface area is 126 Å². The highest BCUT2D eigenvalue weighted by Gasteiger charge is 2.20. The summed E-state index contributed by atoms with van der Waals surface area (Å²) in [5.41, 5.74) is 2.20. The standard InChI is InChI=1S/C13H15ClIN3/c1-3-16-12(9-5-4-6-10(15)7-9)13-11(14)8-17-18(13)2/h4-8,12,16H,3H2,1-2H3. The largest absolute Gasteiger partial charge is 0.305 e. The van der Waals surface area contributed by atoms with Gasteiger partial charge >= 0.3 is 0 Å². The smallest absolute Gasteiger partial charge is 0.0837 e. The third kappa shape index (κ3) is 2.87. The van der Waals surface area contributed by atoms with E-state index in [0.29, 0.717) is 5.02 Å². The molecule has 18 heavy (non-hydrogen) atoms. The summed E-state index contributed by atoms with van der Waals surface area (Å²) >= 11 is 8.56. The van der Waals surface area contributed by atoms with Crippen molar-refractivity contribution >= 4 is 34.2 Å². The fraction of sp³-hybridized carbons (Fsp3) is 0.308. The van der Waals surface area contributed by atoms with Gasteiger partial charge in [-0.1, -0.05) is 30.7 Å². The van der Waals surface area contributed by atoms with E-state index >= 15 is 0 Å². The zero-order valence-corrected chi connectivity index (χ0v) is 13.2. The molecule has 0 aliphatic carbocycles. The predicted molar refractivity (Wildman–Crippen MR) is 82.9 cm³/mol. The number of halogens is 2. The van der Waals surface area contributed by atoms with Gasteiger partial charge in [0.1, 0.15) is 0 Å². The summed E-state index contributed by atoms with van der Waals surface area (Å²) in [6.45, 7) is 2.96. The number of aryl methyl sites for hydroxylation is 1. The first-order valence-electron chi connectivity index (χ1n) is 5.79. The minimum absolute atomic E-state index is 0.0738. The van der Waals surface area contributed by atoms with E-state index in [0.717, 1.165) is 12.2 Å². The van der Waals surface area contributed by atoms with Crippen molar-refractivity contribution in [1.29, 1.82) is 0 Å².